The summed E-state index contributed by atoms with van der Waals surface area (Å²) < 4.78 is 1.25. The van der Waals surface area contributed by atoms with Gasteiger partial charge in [0.2, 0.25) is 0 Å². The van der Waals surface area contributed by atoms with Crippen LogP contribution in [0, 0.1) is 20.8 Å². The van der Waals surface area contributed by atoms with Crippen LogP contribution < -0.4 is 4.90 Å². The first-order valence-electron chi connectivity index (χ1n) is 9.00. The number of amides is 1. The minimum absolute atomic E-state index is 0.125. The number of anilines is 1. The Kier molecular flexibility index (Phi) is 4.41. The number of aryl methyl sites for hydroxylation is 3. The van der Waals surface area contributed by atoms with E-state index in [-0.39, 0.29) is 5.91 Å². The minimum Gasteiger partial charge on any atom is -0.345 e. The molecule has 1 fully saturated rings. The first-order valence-corrected chi connectivity index (χ1v) is 9.81. The Labute approximate surface area is 158 Å². The smallest absolute Gasteiger partial charge is 0.253 e. The van der Waals surface area contributed by atoms with E-state index in [1.807, 2.05) is 36.1 Å². The molecule has 1 amide bonds. The molecule has 134 valence electrons. The van der Waals surface area contributed by atoms with Crippen LogP contribution in [0.3, 0.4) is 0 Å². The number of carbonyl (C=O) groups excluding carboxylic acids is 1. The van der Waals surface area contributed by atoms with E-state index in [1.54, 1.807) is 11.3 Å². The third kappa shape index (κ3) is 3.19. The van der Waals surface area contributed by atoms with Crippen LogP contribution in [-0.2, 0) is 0 Å². The zero-order chi connectivity index (χ0) is 18.3. The van der Waals surface area contributed by atoms with Gasteiger partial charge in [-0.3, -0.25) is 4.79 Å². The molecular weight excluding hydrogens is 342 g/mol. The van der Waals surface area contributed by atoms with Crippen LogP contribution in [0.25, 0.3) is 10.2 Å². The Bertz CT molecular complexity index is 953. The summed E-state index contributed by atoms with van der Waals surface area (Å²) in [6, 6.07) is 12.2. The summed E-state index contributed by atoms with van der Waals surface area (Å²) in [5, 5.41) is 1.07. The molecule has 1 aliphatic heterocycles. The highest BCUT2D eigenvalue weighted by Gasteiger charge is 2.24. The van der Waals surface area contributed by atoms with Crippen molar-refractivity contribution in [3.05, 3.63) is 58.7 Å². The molecule has 4 nitrogen and oxygen atoms in total. The molecular formula is C21H23N3OS. The molecule has 0 saturated carbocycles. The second kappa shape index (κ2) is 6.72. The lowest BCUT2D eigenvalue weighted by molar-refractivity contribution is 0.0747. The molecule has 1 aliphatic rings. The van der Waals surface area contributed by atoms with Gasteiger partial charge in [0.25, 0.3) is 5.91 Å². The lowest BCUT2D eigenvalue weighted by Gasteiger charge is -2.34. The number of benzene rings is 2. The number of carbonyl (C=O) groups is 1. The Morgan fingerprint density at radius 2 is 1.65 bits per heavy atom. The second-order valence-corrected chi connectivity index (χ2v) is 8.08. The van der Waals surface area contributed by atoms with Gasteiger partial charge in [0.1, 0.15) is 0 Å². The normalized spacial score (nSPS) is 14.9. The van der Waals surface area contributed by atoms with Crippen LogP contribution in [0.1, 0.15) is 27.0 Å². The van der Waals surface area contributed by atoms with Gasteiger partial charge in [-0.25, -0.2) is 4.98 Å². The number of hydrogen-bond donors (Lipinski definition) is 0. The predicted molar refractivity (Wildman–Crippen MR) is 108 cm³/mol. The number of piperazine rings is 1. The quantitative estimate of drug-likeness (QED) is 0.683. The molecule has 0 aliphatic carbocycles. The molecule has 2 heterocycles. The SMILES string of the molecule is Cc1ccc(C(=O)N2CCN(c3nc4c(C)cc(C)cc4s3)CC2)cc1. The van der Waals surface area contributed by atoms with Crippen LogP contribution in [-0.4, -0.2) is 42.0 Å². The molecule has 0 atom stereocenters. The van der Waals surface area contributed by atoms with Crippen LogP contribution in [0.15, 0.2) is 36.4 Å². The Hall–Kier alpha value is -2.40. The molecule has 26 heavy (non-hydrogen) atoms. The van der Waals surface area contributed by atoms with E-state index in [1.165, 1.54) is 21.4 Å². The van der Waals surface area contributed by atoms with Crippen LogP contribution in [0.4, 0.5) is 5.13 Å². The van der Waals surface area contributed by atoms with E-state index in [0.717, 1.165) is 42.4 Å². The molecule has 2 aromatic carbocycles. The van der Waals surface area contributed by atoms with Gasteiger partial charge in [-0.2, -0.15) is 0 Å². The molecule has 1 saturated heterocycles. The summed E-state index contributed by atoms with van der Waals surface area (Å²) in [4.78, 5) is 21.8. The van der Waals surface area contributed by atoms with Gasteiger partial charge in [-0.05, 0) is 50.1 Å². The molecule has 0 bridgehead atoms. The zero-order valence-electron chi connectivity index (χ0n) is 15.5. The fraction of sp³-hybridized carbons (Fsp3) is 0.333. The van der Waals surface area contributed by atoms with E-state index in [2.05, 4.69) is 30.9 Å². The van der Waals surface area contributed by atoms with E-state index >= 15 is 0 Å². The highest BCUT2D eigenvalue weighted by Crippen LogP contribution is 2.32. The number of nitrogens with zero attached hydrogens (tertiary/aromatic N) is 3. The Morgan fingerprint density at radius 1 is 0.962 bits per heavy atom. The largest absolute Gasteiger partial charge is 0.345 e. The summed E-state index contributed by atoms with van der Waals surface area (Å²) >= 11 is 1.75. The number of fused-ring (bicyclic) bond motifs is 1. The number of hydrogen-bond acceptors (Lipinski definition) is 4. The van der Waals surface area contributed by atoms with Crippen LogP contribution in [0.5, 0.6) is 0 Å². The predicted octanol–water partition coefficient (Wildman–Crippen LogP) is 4.18. The lowest BCUT2D eigenvalue weighted by atomic mass is 10.1. The maximum atomic E-state index is 12.7. The summed E-state index contributed by atoms with van der Waals surface area (Å²) in [6.45, 7) is 9.42. The van der Waals surface area contributed by atoms with Gasteiger partial charge in [0, 0.05) is 31.7 Å². The van der Waals surface area contributed by atoms with E-state index < -0.39 is 0 Å². The summed E-state index contributed by atoms with van der Waals surface area (Å²) in [6.07, 6.45) is 0. The van der Waals surface area contributed by atoms with Crippen molar-refractivity contribution < 1.29 is 4.79 Å². The van der Waals surface area contributed by atoms with Crippen molar-refractivity contribution in [2.45, 2.75) is 20.8 Å². The van der Waals surface area contributed by atoms with Crippen molar-refractivity contribution in [2.24, 2.45) is 0 Å². The average molecular weight is 366 g/mol. The van der Waals surface area contributed by atoms with Gasteiger partial charge in [-0.15, -0.1) is 0 Å². The van der Waals surface area contributed by atoms with Crippen molar-refractivity contribution in [3.63, 3.8) is 0 Å². The topological polar surface area (TPSA) is 36.4 Å². The summed E-state index contributed by atoms with van der Waals surface area (Å²) in [7, 11) is 0. The molecule has 3 aromatic rings. The molecule has 0 spiro atoms. The highest BCUT2D eigenvalue weighted by atomic mass is 32.1. The van der Waals surface area contributed by atoms with Gasteiger partial charge >= 0.3 is 0 Å². The van der Waals surface area contributed by atoms with Gasteiger partial charge < -0.3 is 9.80 Å². The van der Waals surface area contributed by atoms with E-state index in [4.69, 9.17) is 4.98 Å². The molecule has 0 N–H and O–H groups in total. The van der Waals surface area contributed by atoms with Crippen molar-refractivity contribution >= 4 is 32.6 Å². The fourth-order valence-corrected chi connectivity index (χ4v) is 4.67. The van der Waals surface area contributed by atoms with Crippen LogP contribution in [0.2, 0.25) is 0 Å². The maximum Gasteiger partial charge on any atom is 0.253 e. The van der Waals surface area contributed by atoms with Crippen molar-refractivity contribution in [2.75, 3.05) is 31.1 Å². The van der Waals surface area contributed by atoms with E-state index in [0.29, 0.717) is 0 Å². The second-order valence-electron chi connectivity index (χ2n) is 7.07. The number of rotatable bonds is 2. The third-order valence-electron chi connectivity index (χ3n) is 4.95. The highest BCUT2D eigenvalue weighted by molar-refractivity contribution is 7.22. The number of thiazole rings is 1. The van der Waals surface area contributed by atoms with Crippen molar-refractivity contribution in [1.29, 1.82) is 0 Å². The molecule has 5 heteroatoms. The third-order valence-corrected chi connectivity index (χ3v) is 6.02. The Balaban J connectivity index is 1.47. The Morgan fingerprint density at radius 3 is 2.35 bits per heavy atom. The molecule has 1 aromatic heterocycles. The van der Waals surface area contributed by atoms with Crippen LogP contribution >= 0.6 is 11.3 Å². The molecule has 4 rings (SSSR count). The van der Waals surface area contributed by atoms with Crippen molar-refractivity contribution in [3.8, 4) is 0 Å². The first kappa shape index (κ1) is 17.0. The molecule has 0 radical (unpaired) electrons. The average Bonchev–Trinajstić information content (AvgIpc) is 3.06. The zero-order valence-corrected chi connectivity index (χ0v) is 16.3. The minimum atomic E-state index is 0.125. The van der Waals surface area contributed by atoms with Gasteiger partial charge in [0.15, 0.2) is 5.13 Å². The maximum absolute atomic E-state index is 12.7. The lowest BCUT2D eigenvalue weighted by Crippen LogP contribution is -2.48. The van der Waals surface area contributed by atoms with Gasteiger partial charge in [0.05, 0.1) is 10.2 Å². The van der Waals surface area contributed by atoms with E-state index in [9.17, 15) is 4.79 Å². The number of aromatic nitrogens is 1. The summed E-state index contributed by atoms with van der Waals surface area (Å²) in [5.74, 6) is 0.125. The van der Waals surface area contributed by atoms with Gasteiger partial charge in [-0.1, -0.05) is 35.1 Å². The standard InChI is InChI=1S/C21H23N3OS/c1-14-4-6-17(7-5-14)20(25)23-8-10-24(11-9-23)21-22-19-16(3)12-15(2)13-18(19)26-21/h4-7,12-13H,8-11H2,1-3H3. The first-order chi connectivity index (χ1) is 12.5. The summed E-state index contributed by atoms with van der Waals surface area (Å²) in [5.41, 5.74) is 5.56. The molecule has 0 unspecified atom stereocenters. The fourth-order valence-electron chi connectivity index (χ4n) is 3.47. The monoisotopic (exact) mass is 365 g/mol. The van der Waals surface area contributed by atoms with Crippen molar-refractivity contribution in [1.82, 2.24) is 9.88 Å².